The Morgan fingerprint density at radius 1 is 1.42 bits per heavy atom. The first-order chi connectivity index (χ1) is 5.52. The molecule has 0 radical (unpaired) electrons. The lowest BCUT2D eigenvalue weighted by molar-refractivity contribution is 0.469. The topological polar surface area (TPSA) is 80.2 Å². The molecule has 6 heteroatoms. The first-order valence-corrected chi connectivity index (χ1v) is 4.75. The fourth-order valence-electron chi connectivity index (χ4n) is 0.654. The maximum atomic E-state index is 10.6. The van der Waals surface area contributed by atoms with E-state index in [1.54, 1.807) is 6.07 Å². The van der Waals surface area contributed by atoms with Crippen LogP contribution in [0.3, 0.4) is 0 Å². The summed E-state index contributed by atoms with van der Waals surface area (Å²) in [6.07, 6.45) is 2.84. The van der Waals surface area contributed by atoms with Gasteiger partial charge < -0.3 is 0 Å². The lowest BCUT2D eigenvalue weighted by Gasteiger charge is -2.04. The van der Waals surface area contributed by atoms with Crippen LogP contribution in [0.4, 0.5) is 0 Å². The molecule has 0 fully saturated rings. The molecule has 1 aromatic heterocycles. The highest BCUT2D eigenvalue weighted by molar-refractivity contribution is 7.86. The van der Waals surface area contributed by atoms with E-state index in [0.29, 0.717) is 0 Å². The van der Waals surface area contributed by atoms with Gasteiger partial charge in [0.2, 0.25) is 0 Å². The van der Waals surface area contributed by atoms with Crippen molar-refractivity contribution in [1.29, 1.82) is 0 Å². The van der Waals surface area contributed by atoms with E-state index >= 15 is 0 Å². The van der Waals surface area contributed by atoms with Gasteiger partial charge in [0.25, 0.3) is 10.1 Å². The van der Waals surface area contributed by atoms with Gasteiger partial charge in [0.1, 0.15) is 11.1 Å². The van der Waals surface area contributed by atoms with Crippen molar-refractivity contribution in [1.82, 2.24) is 9.97 Å². The van der Waals surface area contributed by atoms with Crippen LogP contribution in [0, 0.1) is 0 Å². The Kier molecular flexibility index (Phi) is 2.39. The Hall–Kier alpha value is -1.01. The van der Waals surface area contributed by atoms with Crippen molar-refractivity contribution in [3.63, 3.8) is 0 Å². The number of hydrogen-bond acceptors (Lipinski definition) is 4. The number of aromatic nitrogens is 2. The predicted octanol–water partition coefficient (Wildman–Crippen LogP) is 0.425. The molecule has 66 valence electrons. The molecule has 12 heavy (non-hydrogen) atoms. The van der Waals surface area contributed by atoms with Gasteiger partial charge in [-0.2, -0.15) is 8.42 Å². The minimum Gasteiger partial charge on any atom is -0.285 e. The molecule has 0 saturated heterocycles. The highest BCUT2D eigenvalue weighted by atomic mass is 32.2. The van der Waals surface area contributed by atoms with E-state index in [0.717, 1.165) is 0 Å². The van der Waals surface area contributed by atoms with E-state index in [9.17, 15) is 8.42 Å². The van der Waals surface area contributed by atoms with E-state index in [-0.39, 0.29) is 5.82 Å². The molecule has 1 heterocycles. The summed E-state index contributed by atoms with van der Waals surface area (Å²) in [4.78, 5) is 7.39. The van der Waals surface area contributed by atoms with E-state index < -0.39 is 15.4 Å². The van der Waals surface area contributed by atoms with Gasteiger partial charge in [-0.05, 0) is 13.0 Å². The molecule has 0 amide bonds. The van der Waals surface area contributed by atoms with Crippen molar-refractivity contribution in [2.24, 2.45) is 0 Å². The van der Waals surface area contributed by atoms with Crippen LogP contribution in [-0.2, 0) is 10.1 Å². The molecule has 1 N–H and O–H groups in total. The zero-order valence-corrected chi connectivity index (χ0v) is 7.19. The summed E-state index contributed by atoms with van der Waals surface area (Å²) in [5, 5.41) is -1.07. The molecule has 0 aliphatic carbocycles. The lowest BCUT2D eigenvalue weighted by Crippen LogP contribution is -2.11. The van der Waals surface area contributed by atoms with Crippen LogP contribution < -0.4 is 0 Å². The molecule has 0 aromatic carbocycles. The fraction of sp³-hybridized carbons (Fsp3) is 0.333. The van der Waals surface area contributed by atoms with Crippen LogP contribution in [0.2, 0.25) is 0 Å². The molecule has 0 aliphatic rings. The second-order valence-corrected chi connectivity index (χ2v) is 4.00. The van der Waals surface area contributed by atoms with Gasteiger partial charge in [-0.25, -0.2) is 9.97 Å². The van der Waals surface area contributed by atoms with Crippen molar-refractivity contribution in [2.45, 2.75) is 12.2 Å². The SMILES string of the molecule is CC(c1ncccn1)S(=O)(=O)O. The molecular weight excluding hydrogens is 180 g/mol. The Bertz CT molecular complexity index is 348. The standard InChI is InChI=1S/C6H8N2O3S/c1-5(12(9,10)11)6-7-3-2-4-8-6/h2-5H,1H3,(H,9,10,11). The molecule has 0 saturated carbocycles. The zero-order chi connectivity index (χ0) is 9.19. The number of rotatable bonds is 2. The summed E-state index contributed by atoms with van der Waals surface area (Å²) in [5.41, 5.74) is 0. The van der Waals surface area contributed by atoms with Crippen LogP contribution in [-0.4, -0.2) is 22.9 Å². The van der Waals surface area contributed by atoms with Crippen LogP contribution >= 0.6 is 0 Å². The second kappa shape index (κ2) is 3.16. The van der Waals surface area contributed by atoms with Crippen LogP contribution in [0.1, 0.15) is 18.0 Å². The van der Waals surface area contributed by atoms with Crippen molar-refractivity contribution >= 4 is 10.1 Å². The predicted molar refractivity (Wildman–Crippen MR) is 42.0 cm³/mol. The Balaban J connectivity index is 3.02. The molecule has 1 rings (SSSR count). The molecular formula is C6H8N2O3S. The number of nitrogens with zero attached hydrogens (tertiary/aromatic N) is 2. The fourth-order valence-corrected chi connectivity index (χ4v) is 1.04. The maximum absolute atomic E-state index is 10.6. The molecule has 5 nitrogen and oxygen atoms in total. The van der Waals surface area contributed by atoms with Gasteiger partial charge in [-0.3, -0.25) is 4.55 Å². The van der Waals surface area contributed by atoms with E-state index in [1.165, 1.54) is 19.3 Å². The van der Waals surface area contributed by atoms with Crippen LogP contribution in [0.5, 0.6) is 0 Å². The van der Waals surface area contributed by atoms with Gasteiger partial charge >= 0.3 is 0 Å². The third kappa shape index (κ3) is 1.99. The summed E-state index contributed by atoms with van der Waals surface area (Å²) in [6, 6.07) is 1.57. The summed E-state index contributed by atoms with van der Waals surface area (Å²) < 4.78 is 29.8. The Labute approximate surface area is 70.2 Å². The van der Waals surface area contributed by atoms with Crippen molar-refractivity contribution < 1.29 is 13.0 Å². The van der Waals surface area contributed by atoms with Crippen molar-refractivity contribution in [2.75, 3.05) is 0 Å². The van der Waals surface area contributed by atoms with Crippen molar-refractivity contribution in [3.8, 4) is 0 Å². The molecule has 0 spiro atoms. The highest BCUT2D eigenvalue weighted by Gasteiger charge is 2.21. The quantitative estimate of drug-likeness (QED) is 0.680. The summed E-state index contributed by atoms with van der Waals surface area (Å²) in [6.45, 7) is 1.32. The normalized spacial score (nSPS) is 14.2. The lowest BCUT2D eigenvalue weighted by atomic mass is 10.4. The third-order valence-electron chi connectivity index (χ3n) is 1.40. The van der Waals surface area contributed by atoms with E-state index in [2.05, 4.69) is 9.97 Å². The Morgan fingerprint density at radius 3 is 2.33 bits per heavy atom. The smallest absolute Gasteiger partial charge is 0.274 e. The minimum atomic E-state index is -4.08. The van der Waals surface area contributed by atoms with Gasteiger partial charge in [0, 0.05) is 12.4 Å². The van der Waals surface area contributed by atoms with Gasteiger partial charge in [0.15, 0.2) is 0 Å². The molecule has 1 aromatic rings. The molecule has 0 aliphatic heterocycles. The molecule has 1 unspecified atom stereocenters. The molecule has 0 bridgehead atoms. The maximum Gasteiger partial charge on any atom is 0.274 e. The minimum absolute atomic E-state index is 0.0972. The van der Waals surface area contributed by atoms with E-state index in [1.807, 2.05) is 0 Å². The van der Waals surface area contributed by atoms with E-state index in [4.69, 9.17) is 4.55 Å². The monoisotopic (exact) mass is 188 g/mol. The zero-order valence-electron chi connectivity index (χ0n) is 6.38. The van der Waals surface area contributed by atoms with Gasteiger partial charge in [-0.1, -0.05) is 0 Å². The highest BCUT2D eigenvalue weighted by Crippen LogP contribution is 2.14. The Morgan fingerprint density at radius 2 is 1.92 bits per heavy atom. The summed E-state index contributed by atoms with van der Waals surface area (Å²) in [5.74, 6) is 0.0972. The number of hydrogen-bond donors (Lipinski definition) is 1. The summed E-state index contributed by atoms with van der Waals surface area (Å²) in [7, 11) is -4.08. The second-order valence-electron chi connectivity index (χ2n) is 2.26. The first kappa shape index (κ1) is 9.08. The average molecular weight is 188 g/mol. The van der Waals surface area contributed by atoms with Crippen LogP contribution in [0.15, 0.2) is 18.5 Å². The van der Waals surface area contributed by atoms with Crippen LogP contribution in [0.25, 0.3) is 0 Å². The average Bonchev–Trinajstić information content (AvgIpc) is 2.03. The molecule has 1 atom stereocenters. The summed E-state index contributed by atoms with van der Waals surface area (Å²) >= 11 is 0. The third-order valence-corrected chi connectivity index (χ3v) is 2.50. The van der Waals surface area contributed by atoms with Gasteiger partial charge in [-0.15, -0.1) is 0 Å². The van der Waals surface area contributed by atoms with Crippen molar-refractivity contribution in [3.05, 3.63) is 24.3 Å². The largest absolute Gasteiger partial charge is 0.285 e. The van der Waals surface area contributed by atoms with Gasteiger partial charge in [0.05, 0.1) is 0 Å². The first-order valence-electron chi connectivity index (χ1n) is 3.25.